The molecule has 15 aromatic rings. The maximum Gasteiger partial charge on any atom is 0.252 e. The lowest BCUT2D eigenvalue weighted by Crippen LogP contribution is -2.16. The van der Waals surface area contributed by atoms with Gasteiger partial charge in [-0.2, -0.15) is 0 Å². The predicted molar refractivity (Wildman–Crippen MR) is 308 cm³/mol. The van der Waals surface area contributed by atoms with Crippen molar-refractivity contribution in [3.63, 3.8) is 0 Å². The zero-order valence-electron chi connectivity index (χ0n) is 42.9. The summed E-state index contributed by atoms with van der Waals surface area (Å²) >= 11 is 0. The van der Waals surface area contributed by atoms with Gasteiger partial charge in [0.1, 0.15) is 0 Å². The van der Waals surface area contributed by atoms with E-state index in [-0.39, 0.29) is 0 Å². The highest BCUT2D eigenvalue weighted by Gasteiger charge is 2.39. The van der Waals surface area contributed by atoms with Crippen LogP contribution in [0.1, 0.15) is 53.3 Å². The van der Waals surface area contributed by atoms with Crippen LogP contribution in [-0.2, 0) is 10.8 Å². The first-order valence-electron chi connectivity index (χ1n) is 25.9. The van der Waals surface area contributed by atoms with Crippen LogP contribution in [0.4, 0.5) is 0 Å². The van der Waals surface area contributed by atoms with Gasteiger partial charge in [-0.05, 0) is 48.5 Å². The van der Waals surface area contributed by atoms with Crippen LogP contribution in [0.25, 0.3) is 133 Å². The van der Waals surface area contributed by atoms with Crippen molar-refractivity contribution >= 4 is 87.2 Å². The Morgan fingerprint density at radius 3 is 0.697 bits per heavy atom. The quantitative estimate of drug-likeness (QED) is 0.165. The van der Waals surface area contributed by atoms with E-state index in [1.165, 1.54) is 0 Å². The Balaban J connectivity index is 1.35. The van der Waals surface area contributed by atoms with Crippen molar-refractivity contribution < 1.29 is 8.83 Å². The molecule has 0 fully saturated rings. The SMILES string of the molecule is CC(C)(C)c1nnc(-c2c(-n3c4ccccc4c4ccccc43)c(-c3nnc(C(C)(C)C)o3)c(-n3c4ccccc4c4ccccc43)c(-n3c4ccccc4c4ccccc43)c2-n2c3ccccc3c3ccccc32)o1. The van der Waals surface area contributed by atoms with Crippen molar-refractivity contribution in [3.8, 4) is 45.7 Å². The molecule has 366 valence electrons. The van der Waals surface area contributed by atoms with Crippen LogP contribution in [0.2, 0.25) is 0 Å². The maximum absolute atomic E-state index is 7.30. The van der Waals surface area contributed by atoms with Gasteiger partial charge in [0.25, 0.3) is 11.8 Å². The fourth-order valence-electron chi connectivity index (χ4n) is 11.9. The number of para-hydroxylation sites is 8. The minimum Gasteiger partial charge on any atom is -0.420 e. The molecule has 0 saturated carbocycles. The Morgan fingerprint density at radius 2 is 0.474 bits per heavy atom. The molecule has 0 spiro atoms. The van der Waals surface area contributed by atoms with Gasteiger partial charge in [0.2, 0.25) is 11.8 Å². The van der Waals surface area contributed by atoms with Crippen LogP contribution in [0.3, 0.4) is 0 Å². The van der Waals surface area contributed by atoms with E-state index in [1.807, 2.05) is 0 Å². The van der Waals surface area contributed by atoms with Crippen molar-refractivity contribution in [1.29, 1.82) is 0 Å². The second-order valence-electron chi connectivity index (χ2n) is 21.9. The summed E-state index contributed by atoms with van der Waals surface area (Å²) < 4.78 is 24.3. The second-order valence-corrected chi connectivity index (χ2v) is 21.9. The molecule has 0 unspecified atom stereocenters. The van der Waals surface area contributed by atoms with E-state index in [0.717, 1.165) is 110 Å². The third-order valence-electron chi connectivity index (χ3n) is 15.2. The molecular weight excluding hydrogens is 937 g/mol. The molecule has 0 radical (unpaired) electrons. The molecule has 6 heterocycles. The van der Waals surface area contributed by atoms with E-state index in [4.69, 9.17) is 29.2 Å². The summed E-state index contributed by atoms with van der Waals surface area (Å²) in [4.78, 5) is 0. The van der Waals surface area contributed by atoms with Crippen LogP contribution in [-0.4, -0.2) is 38.7 Å². The number of rotatable bonds is 6. The smallest absolute Gasteiger partial charge is 0.252 e. The monoisotopic (exact) mass is 986 g/mol. The number of nitrogens with zero attached hydrogens (tertiary/aromatic N) is 8. The summed E-state index contributed by atoms with van der Waals surface area (Å²) in [6.07, 6.45) is 0. The maximum atomic E-state index is 7.30. The lowest BCUT2D eigenvalue weighted by Gasteiger charge is -2.29. The standard InChI is InChI=1S/C66H50N8O2/c1-65(2,3)63-69-67-61(75-63)55-57(71-47-31-15-7-23-39(47)40-24-8-16-32-48(40)71)56(62-68-70-64(76-62)66(4,5)6)59(73-51-35-19-11-27-43(51)44-28-12-20-36-52(44)73)60(74-53-37-21-13-29-45(53)46-30-14-22-38-54(46)74)58(55)72-49-33-17-9-25-41(49)42-26-10-18-34-50(42)72/h7-38H,1-6H3. The third-order valence-corrected chi connectivity index (χ3v) is 15.2. The fraction of sp³-hybridized carbons (Fsp3) is 0.121. The summed E-state index contributed by atoms with van der Waals surface area (Å²) in [5, 5.41) is 29.1. The molecule has 76 heavy (non-hydrogen) atoms. The Labute approximate surface area is 436 Å². The van der Waals surface area contributed by atoms with E-state index >= 15 is 0 Å². The number of hydrogen-bond donors (Lipinski definition) is 0. The molecule has 0 N–H and O–H groups in total. The molecule has 0 aliphatic heterocycles. The molecule has 6 aromatic heterocycles. The Kier molecular flexibility index (Phi) is 9.25. The van der Waals surface area contributed by atoms with Gasteiger partial charge >= 0.3 is 0 Å². The molecule has 0 saturated heterocycles. The molecule has 15 rings (SSSR count). The van der Waals surface area contributed by atoms with E-state index < -0.39 is 10.8 Å². The first kappa shape index (κ1) is 44.0. The molecule has 10 heteroatoms. The fourth-order valence-corrected chi connectivity index (χ4v) is 11.9. The van der Waals surface area contributed by atoms with Gasteiger partial charge in [-0.1, -0.05) is 187 Å². The molecule has 0 bridgehead atoms. The summed E-state index contributed by atoms with van der Waals surface area (Å²) in [6, 6.07) is 69.5. The minimum absolute atomic E-state index is 0.339. The lowest BCUT2D eigenvalue weighted by atomic mass is 9.96. The van der Waals surface area contributed by atoms with Crippen molar-refractivity contribution in [3.05, 3.63) is 206 Å². The first-order chi connectivity index (χ1) is 37.0. The molecule has 0 amide bonds. The highest BCUT2D eigenvalue weighted by molar-refractivity contribution is 6.18. The van der Waals surface area contributed by atoms with Crippen LogP contribution in [0, 0.1) is 0 Å². The van der Waals surface area contributed by atoms with Crippen LogP contribution in [0.15, 0.2) is 203 Å². The Bertz CT molecular complexity index is 4460. The van der Waals surface area contributed by atoms with E-state index in [9.17, 15) is 0 Å². The zero-order valence-corrected chi connectivity index (χ0v) is 42.9. The van der Waals surface area contributed by atoms with Gasteiger partial charge in [0.05, 0.1) is 78.0 Å². The molecule has 9 aromatic carbocycles. The predicted octanol–water partition coefficient (Wildman–Crippen LogP) is 16.8. The van der Waals surface area contributed by atoms with Crippen LogP contribution >= 0.6 is 0 Å². The largest absolute Gasteiger partial charge is 0.420 e. The van der Waals surface area contributed by atoms with Gasteiger partial charge in [0.15, 0.2) is 0 Å². The highest BCUT2D eigenvalue weighted by Crippen LogP contribution is 2.54. The van der Waals surface area contributed by atoms with Crippen molar-refractivity contribution in [1.82, 2.24) is 38.7 Å². The summed E-state index contributed by atoms with van der Waals surface area (Å²) in [6.45, 7) is 12.7. The van der Waals surface area contributed by atoms with Crippen molar-refractivity contribution in [2.75, 3.05) is 0 Å². The summed E-state index contributed by atoms with van der Waals surface area (Å²) in [5.74, 6) is 1.68. The minimum atomic E-state index is -0.499. The van der Waals surface area contributed by atoms with E-state index in [0.29, 0.717) is 34.7 Å². The normalized spacial score (nSPS) is 12.6. The van der Waals surface area contributed by atoms with E-state index in [1.54, 1.807) is 0 Å². The Hall–Kier alpha value is -9.54. The molecule has 0 aliphatic carbocycles. The van der Waals surface area contributed by atoms with Gasteiger partial charge in [-0.15, -0.1) is 20.4 Å². The zero-order chi connectivity index (χ0) is 51.2. The van der Waals surface area contributed by atoms with Crippen LogP contribution < -0.4 is 0 Å². The van der Waals surface area contributed by atoms with Gasteiger partial charge in [0, 0.05) is 53.9 Å². The molecule has 0 aliphatic rings. The second kappa shape index (κ2) is 16.0. The summed E-state index contributed by atoms with van der Waals surface area (Å²) in [5.41, 5.74) is 11.6. The molecule has 0 atom stereocenters. The number of fused-ring (bicyclic) bond motifs is 12. The number of aromatic nitrogens is 8. The lowest BCUT2D eigenvalue weighted by molar-refractivity contribution is 0.398. The Morgan fingerprint density at radius 1 is 0.263 bits per heavy atom. The number of benzene rings is 9. The molecule has 10 nitrogen and oxygen atoms in total. The van der Waals surface area contributed by atoms with Gasteiger partial charge < -0.3 is 27.1 Å². The van der Waals surface area contributed by atoms with Crippen molar-refractivity contribution in [2.45, 2.75) is 52.4 Å². The topological polar surface area (TPSA) is 97.6 Å². The molecular formula is C66H50N8O2. The summed E-state index contributed by atoms with van der Waals surface area (Å²) in [7, 11) is 0. The van der Waals surface area contributed by atoms with Crippen LogP contribution in [0.5, 0.6) is 0 Å². The average molecular weight is 987 g/mol. The van der Waals surface area contributed by atoms with Gasteiger partial charge in [-0.3, -0.25) is 0 Å². The van der Waals surface area contributed by atoms with Gasteiger partial charge in [-0.25, -0.2) is 0 Å². The highest BCUT2D eigenvalue weighted by atomic mass is 16.4. The van der Waals surface area contributed by atoms with Crippen molar-refractivity contribution in [2.24, 2.45) is 0 Å². The third kappa shape index (κ3) is 6.21. The average Bonchev–Trinajstić information content (AvgIpc) is 4.32. The number of hydrogen-bond acceptors (Lipinski definition) is 6. The first-order valence-corrected chi connectivity index (χ1v) is 25.9. The van der Waals surface area contributed by atoms with E-state index in [2.05, 4.69) is 254 Å².